The average Bonchev–Trinajstić information content (AvgIpc) is 2.77. The highest BCUT2D eigenvalue weighted by molar-refractivity contribution is 5.90. The van der Waals surface area contributed by atoms with Crippen LogP contribution in [0.15, 0.2) is 60.7 Å². The van der Waals surface area contributed by atoms with Crippen molar-refractivity contribution >= 4 is 11.9 Å². The van der Waals surface area contributed by atoms with Crippen LogP contribution in [0.3, 0.4) is 0 Å². The third kappa shape index (κ3) is 5.03. The lowest BCUT2D eigenvalue weighted by Crippen LogP contribution is -2.61. The first-order valence-electron chi connectivity index (χ1n) is 9.42. The molecule has 0 unspecified atom stereocenters. The lowest BCUT2D eigenvalue weighted by Gasteiger charge is -2.42. The summed E-state index contributed by atoms with van der Waals surface area (Å²) in [5.74, 6) is -1.34. The zero-order valence-electron chi connectivity index (χ0n) is 16.7. The van der Waals surface area contributed by atoms with Gasteiger partial charge in [-0.15, -0.1) is 0 Å². The maximum absolute atomic E-state index is 12.7. The van der Waals surface area contributed by atoms with Crippen molar-refractivity contribution in [2.24, 2.45) is 0 Å². The Labute approximate surface area is 174 Å². The number of aliphatic hydroxyl groups excluding tert-OH is 1. The van der Waals surface area contributed by atoms with Crippen LogP contribution in [0, 0.1) is 0 Å². The summed E-state index contributed by atoms with van der Waals surface area (Å²) in [6, 6.07) is 16.6. The minimum atomic E-state index is -1.54. The smallest absolute Gasteiger partial charge is 0.338 e. The molecule has 0 radical (unpaired) electrons. The first-order chi connectivity index (χ1) is 14.5. The van der Waals surface area contributed by atoms with Crippen LogP contribution in [0.25, 0.3) is 0 Å². The number of ether oxygens (including phenoxy) is 5. The SMILES string of the molecule is COC[C@@H]1O[C@@H](O)[C@@H](OC(=O)c2ccccc2)[C@@H](OC(=O)c2ccccc2)[C@@H]1OC. The van der Waals surface area contributed by atoms with Crippen LogP contribution in [-0.4, -0.2) is 68.6 Å². The lowest BCUT2D eigenvalue weighted by atomic mass is 9.98. The van der Waals surface area contributed by atoms with Crippen molar-refractivity contribution in [1.82, 2.24) is 0 Å². The molecule has 1 heterocycles. The van der Waals surface area contributed by atoms with Crippen molar-refractivity contribution in [1.29, 1.82) is 0 Å². The van der Waals surface area contributed by atoms with E-state index in [9.17, 15) is 14.7 Å². The number of carbonyl (C=O) groups excluding carboxylic acids is 2. The van der Waals surface area contributed by atoms with Crippen molar-refractivity contribution in [3.8, 4) is 0 Å². The van der Waals surface area contributed by atoms with E-state index in [1.165, 1.54) is 14.2 Å². The molecule has 30 heavy (non-hydrogen) atoms. The number of hydrogen-bond donors (Lipinski definition) is 1. The summed E-state index contributed by atoms with van der Waals surface area (Å²) in [5.41, 5.74) is 0.593. The standard InChI is InChI=1S/C22H24O8/c1-26-13-16-17(27-2)18(29-20(23)14-9-5-3-6-10-14)19(22(25)28-16)30-21(24)15-11-7-4-8-12-15/h3-12,16-19,22,25H,13H2,1-2H3/t16-,17+,18-,19-,22+/m0/s1. The maximum atomic E-state index is 12.7. The van der Waals surface area contributed by atoms with Gasteiger partial charge in [0.1, 0.15) is 12.2 Å². The van der Waals surface area contributed by atoms with Gasteiger partial charge in [-0.1, -0.05) is 36.4 Å². The molecule has 1 aliphatic heterocycles. The highest BCUT2D eigenvalue weighted by atomic mass is 16.7. The van der Waals surface area contributed by atoms with Crippen molar-refractivity contribution in [2.45, 2.75) is 30.7 Å². The van der Waals surface area contributed by atoms with E-state index in [-0.39, 0.29) is 12.2 Å². The van der Waals surface area contributed by atoms with Crippen LogP contribution >= 0.6 is 0 Å². The summed E-state index contributed by atoms with van der Waals surface area (Å²) in [5, 5.41) is 10.5. The summed E-state index contributed by atoms with van der Waals surface area (Å²) in [4.78, 5) is 25.2. The van der Waals surface area contributed by atoms with E-state index in [0.29, 0.717) is 5.56 Å². The molecule has 2 aromatic rings. The van der Waals surface area contributed by atoms with Gasteiger partial charge in [0.2, 0.25) is 0 Å². The molecule has 1 fully saturated rings. The van der Waals surface area contributed by atoms with Crippen LogP contribution in [-0.2, 0) is 23.7 Å². The van der Waals surface area contributed by atoms with Gasteiger partial charge in [0.25, 0.3) is 0 Å². The molecule has 1 aliphatic rings. The second kappa shape index (κ2) is 10.3. The first kappa shape index (κ1) is 21.9. The zero-order chi connectivity index (χ0) is 21.5. The molecule has 5 atom stereocenters. The second-order valence-corrected chi connectivity index (χ2v) is 6.69. The van der Waals surface area contributed by atoms with Gasteiger partial charge in [0.05, 0.1) is 17.7 Å². The minimum absolute atomic E-state index is 0.0777. The largest absolute Gasteiger partial charge is 0.452 e. The highest BCUT2D eigenvalue weighted by Crippen LogP contribution is 2.28. The van der Waals surface area contributed by atoms with Crippen LogP contribution in [0.4, 0.5) is 0 Å². The highest BCUT2D eigenvalue weighted by Gasteiger charge is 2.50. The molecule has 0 bridgehead atoms. The summed E-state index contributed by atoms with van der Waals surface area (Å²) in [6.07, 6.45) is -5.55. The van der Waals surface area contributed by atoms with E-state index in [1.54, 1.807) is 60.7 Å². The van der Waals surface area contributed by atoms with Crippen molar-refractivity contribution < 1.29 is 38.4 Å². The second-order valence-electron chi connectivity index (χ2n) is 6.69. The Morgan fingerprint density at radius 2 is 1.33 bits per heavy atom. The van der Waals surface area contributed by atoms with E-state index in [0.717, 1.165) is 0 Å². The summed E-state index contributed by atoms with van der Waals surface area (Å²) in [6.45, 7) is 0.0777. The molecular weight excluding hydrogens is 392 g/mol. The van der Waals surface area contributed by atoms with Gasteiger partial charge in [-0.3, -0.25) is 0 Å². The molecule has 0 spiro atoms. The molecule has 0 amide bonds. The van der Waals surface area contributed by atoms with Gasteiger partial charge < -0.3 is 28.8 Å². The van der Waals surface area contributed by atoms with E-state index < -0.39 is 42.6 Å². The van der Waals surface area contributed by atoms with Gasteiger partial charge in [0.15, 0.2) is 18.5 Å². The molecule has 8 heteroatoms. The molecule has 0 aromatic heterocycles. The Hall–Kier alpha value is -2.78. The topological polar surface area (TPSA) is 101 Å². The molecule has 0 saturated carbocycles. The monoisotopic (exact) mass is 416 g/mol. The van der Waals surface area contributed by atoms with Crippen LogP contribution in [0.5, 0.6) is 0 Å². The van der Waals surface area contributed by atoms with Gasteiger partial charge in [-0.25, -0.2) is 9.59 Å². The minimum Gasteiger partial charge on any atom is -0.452 e. The summed E-state index contributed by atoms with van der Waals surface area (Å²) in [7, 11) is 2.88. The predicted octanol–water partition coefficient (Wildman–Crippen LogP) is 1.82. The molecule has 160 valence electrons. The zero-order valence-corrected chi connectivity index (χ0v) is 16.7. The van der Waals surface area contributed by atoms with Crippen molar-refractivity contribution in [3.05, 3.63) is 71.8 Å². The fourth-order valence-electron chi connectivity index (χ4n) is 3.27. The number of rotatable bonds is 7. The lowest BCUT2D eigenvalue weighted by molar-refractivity contribution is -0.290. The van der Waals surface area contributed by atoms with Crippen molar-refractivity contribution in [2.75, 3.05) is 20.8 Å². The molecule has 8 nitrogen and oxygen atoms in total. The molecule has 3 rings (SSSR count). The Morgan fingerprint density at radius 3 is 1.80 bits per heavy atom. The Kier molecular flexibility index (Phi) is 7.53. The Bertz CT molecular complexity index is 826. The number of benzene rings is 2. The molecule has 0 aliphatic carbocycles. The fraction of sp³-hybridized carbons (Fsp3) is 0.364. The number of hydrogen-bond acceptors (Lipinski definition) is 8. The number of methoxy groups -OCH3 is 2. The molecule has 2 aromatic carbocycles. The fourth-order valence-corrected chi connectivity index (χ4v) is 3.27. The summed E-state index contributed by atoms with van der Waals surface area (Å²) < 4.78 is 27.3. The Balaban J connectivity index is 1.86. The third-order valence-corrected chi connectivity index (χ3v) is 4.72. The third-order valence-electron chi connectivity index (χ3n) is 4.72. The van der Waals surface area contributed by atoms with Crippen molar-refractivity contribution in [3.63, 3.8) is 0 Å². The van der Waals surface area contributed by atoms with Gasteiger partial charge in [-0.05, 0) is 24.3 Å². The predicted molar refractivity (Wildman–Crippen MR) is 105 cm³/mol. The Morgan fingerprint density at radius 1 is 0.833 bits per heavy atom. The average molecular weight is 416 g/mol. The van der Waals surface area contributed by atoms with E-state index >= 15 is 0 Å². The number of carbonyl (C=O) groups is 2. The van der Waals surface area contributed by atoms with E-state index in [4.69, 9.17) is 23.7 Å². The van der Waals surface area contributed by atoms with E-state index in [1.807, 2.05) is 0 Å². The van der Waals surface area contributed by atoms with Gasteiger partial charge in [-0.2, -0.15) is 0 Å². The van der Waals surface area contributed by atoms with Gasteiger partial charge >= 0.3 is 11.9 Å². The first-order valence-corrected chi connectivity index (χ1v) is 9.42. The van der Waals surface area contributed by atoms with Gasteiger partial charge in [0, 0.05) is 14.2 Å². The number of esters is 2. The summed E-state index contributed by atoms with van der Waals surface area (Å²) >= 11 is 0. The number of aliphatic hydroxyl groups is 1. The molecule has 1 N–H and O–H groups in total. The van der Waals surface area contributed by atoms with Crippen LogP contribution < -0.4 is 0 Å². The quantitative estimate of drug-likeness (QED) is 0.683. The molecule has 1 saturated heterocycles. The maximum Gasteiger partial charge on any atom is 0.338 e. The normalized spacial score (nSPS) is 26.0. The van der Waals surface area contributed by atoms with E-state index in [2.05, 4.69) is 0 Å². The van der Waals surface area contributed by atoms with Crippen LogP contribution in [0.1, 0.15) is 20.7 Å². The molecular formula is C22H24O8. The van der Waals surface area contributed by atoms with Crippen LogP contribution in [0.2, 0.25) is 0 Å².